The van der Waals surface area contributed by atoms with Crippen LogP contribution in [0.4, 0.5) is 11.4 Å². The Hall–Kier alpha value is -3.06. The van der Waals surface area contributed by atoms with Gasteiger partial charge in [0.2, 0.25) is 5.91 Å². The van der Waals surface area contributed by atoms with Gasteiger partial charge in [-0.15, -0.1) is 0 Å². The van der Waals surface area contributed by atoms with Gasteiger partial charge < -0.3 is 15.2 Å². The van der Waals surface area contributed by atoms with Crippen LogP contribution in [0.3, 0.4) is 0 Å². The quantitative estimate of drug-likeness (QED) is 0.872. The molecule has 0 aromatic heterocycles. The zero-order chi connectivity index (χ0) is 18.0. The number of carboxylic acids is 1. The number of nitrogens with zero attached hydrogens (tertiary/aromatic N) is 1. The van der Waals surface area contributed by atoms with Crippen LogP contribution in [0.25, 0.3) is 0 Å². The van der Waals surface area contributed by atoms with Gasteiger partial charge in [-0.25, -0.2) is 4.79 Å². The highest BCUT2D eigenvalue weighted by Crippen LogP contribution is 2.34. The monoisotopic (exact) mass is 360 g/mol. The van der Waals surface area contributed by atoms with Gasteiger partial charge in [-0.3, -0.25) is 14.5 Å². The summed E-state index contributed by atoms with van der Waals surface area (Å²) in [5, 5.41) is 12.1. The third-order valence-electron chi connectivity index (χ3n) is 3.60. The molecule has 2 aromatic carbocycles. The van der Waals surface area contributed by atoms with Crippen LogP contribution in [0.15, 0.2) is 42.5 Å². The summed E-state index contributed by atoms with van der Waals surface area (Å²) < 4.78 is 5.31. The van der Waals surface area contributed by atoms with Crippen molar-refractivity contribution >= 4 is 40.8 Å². The molecule has 0 saturated carbocycles. The molecule has 0 saturated heterocycles. The lowest BCUT2D eigenvalue weighted by atomic mass is 10.1. The summed E-state index contributed by atoms with van der Waals surface area (Å²) in [6.45, 7) is -0.475. The van der Waals surface area contributed by atoms with Gasteiger partial charge >= 0.3 is 5.97 Å². The summed E-state index contributed by atoms with van der Waals surface area (Å²) in [7, 11) is 0. The summed E-state index contributed by atoms with van der Waals surface area (Å²) in [6, 6.07) is 10.8. The minimum absolute atomic E-state index is 0.0346. The molecule has 0 bridgehead atoms. The van der Waals surface area contributed by atoms with Crippen molar-refractivity contribution in [3.63, 3.8) is 0 Å². The van der Waals surface area contributed by atoms with Gasteiger partial charge in [0.25, 0.3) is 5.91 Å². The molecule has 1 aliphatic rings. The fraction of sp³-hybridized carbons (Fsp3) is 0.118. The molecule has 2 N–H and O–H groups in total. The Labute approximate surface area is 147 Å². The zero-order valence-electron chi connectivity index (χ0n) is 12.9. The summed E-state index contributed by atoms with van der Waals surface area (Å²) in [6.07, 6.45) is 0. The topological polar surface area (TPSA) is 95.9 Å². The van der Waals surface area contributed by atoms with Gasteiger partial charge in [-0.05, 0) is 30.3 Å². The molecule has 3 rings (SSSR count). The molecular weight excluding hydrogens is 348 g/mol. The number of hydrogen-bond donors (Lipinski definition) is 2. The Morgan fingerprint density at radius 2 is 2.00 bits per heavy atom. The van der Waals surface area contributed by atoms with Crippen molar-refractivity contribution in [3.05, 3.63) is 53.1 Å². The van der Waals surface area contributed by atoms with Gasteiger partial charge in [-0.2, -0.15) is 0 Å². The van der Waals surface area contributed by atoms with Gasteiger partial charge in [0.05, 0.1) is 16.9 Å². The third kappa shape index (κ3) is 3.56. The molecule has 128 valence electrons. The van der Waals surface area contributed by atoms with Crippen molar-refractivity contribution in [2.75, 3.05) is 23.4 Å². The molecule has 8 heteroatoms. The lowest BCUT2D eigenvalue weighted by Gasteiger charge is -2.29. The van der Waals surface area contributed by atoms with Crippen LogP contribution in [0.1, 0.15) is 10.4 Å². The number of rotatable bonds is 4. The second-order valence-corrected chi connectivity index (χ2v) is 5.72. The SMILES string of the molecule is O=C(CN1C(=O)COc2ccc(Cl)cc21)Nc1ccccc1C(=O)O. The number of fused-ring (bicyclic) bond motifs is 1. The summed E-state index contributed by atoms with van der Waals surface area (Å²) in [5.41, 5.74) is 0.519. The molecule has 2 amide bonds. The minimum atomic E-state index is -1.16. The molecule has 0 atom stereocenters. The Kier molecular flexibility index (Phi) is 4.58. The number of carboxylic acid groups (broad SMARTS) is 1. The predicted molar refractivity (Wildman–Crippen MR) is 91.3 cm³/mol. The number of halogens is 1. The van der Waals surface area contributed by atoms with Crippen molar-refractivity contribution in [2.24, 2.45) is 0 Å². The average Bonchev–Trinajstić information content (AvgIpc) is 2.58. The van der Waals surface area contributed by atoms with Crippen molar-refractivity contribution < 1.29 is 24.2 Å². The number of carbonyl (C=O) groups is 3. The highest BCUT2D eigenvalue weighted by atomic mass is 35.5. The van der Waals surface area contributed by atoms with E-state index in [4.69, 9.17) is 21.4 Å². The van der Waals surface area contributed by atoms with Crippen LogP contribution in [-0.2, 0) is 9.59 Å². The van der Waals surface area contributed by atoms with E-state index in [0.717, 1.165) is 0 Å². The summed E-state index contributed by atoms with van der Waals surface area (Å²) in [5.74, 6) is -1.63. The fourth-order valence-corrected chi connectivity index (χ4v) is 2.63. The molecule has 0 spiro atoms. The highest BCUT2D eigenvalue weighted by Gasteiger charge is 2.28. The number of para-hydroxylation sites is 1. The number of ether oxygens (including phenoxy) is 1. The maximum absolute atomic E-state index is 12.3. The molecule has 0 unspecified atom stereocenters. The van der Waals surface area contributed by atoms with E-state index in [1.165, 1.54) is 23.1 Å². The second-order valence-electron chi connectivity index (χ2n) is 5.28. The first-order valence-electron chi connectivity index (χ1n) is 7.30. The van der Waals surface area contributed by atoms with Crippen LogP contribution >= 0.6 is 11.6 Å². The Morgan fingerprint density at radius 1 is 1.24 bits per heavy atom. The van der Waals surface area contributed by atoms with Gasteiger partial charge in [-0.1, -0.05) is 23.7 Å². The standard InChI is InChI=1S/C17H13ClN2O5/c18-10-5-6-14-13(7-10)20(16(22)9-25-14)8-15(21)19-12-4-2-1-3-11(12)17(23)24/h1-7H,8-9H2,(H,19,21)(H,23,24). The maximum atomic E-state index is 12.3. The second kappa shape index (κ2) is 6.82. The van der Waals surface area contributed by atoms with E-state index in [0.29, 0.717) is 16.5 Å². The number of aromatic carboxylic acids is 1. The molecule has 7 nitrogen and oxygen atoms in total. The number of nitrogens with one attached hydrogen (secondary N) is 1. The summed E-state index contributed by atoms with van der Waals surface area (Å²) in [4.78, 5) is 36.9. The van der Waals surface area contributed by atoms with E-state index in [9.17, 15) is 14.4 Å². The molecule has 0 radical (unpaired) electrons. The number of amides is 2. The maximum Gasteiger partial charge on any atom is 0.337 e. The molecule has 25 heavy (non-hydrogen) atoms. The zero-order valence-corrected chi connectivity index (χ0v) is 13.6. The van der Waals surface area contributed by atoms with Crippen LogP contribution in [-0.4, -0.2) is 36.0 Å². The number of carbonyl (C=O) groups excluding carboxylic acids is 2. The van der Waals surface area contributed by atoms with Gasteiger partial charge in [0.1, 0.15) is 12.3 Å². The normalized spacial score (nSPS) is 13.0. The van der Waals surface area contributed by atoms with E-state index >= 15 is 0 Å². The van der Waals surface area contributed by atoms with Gasteiger partial charge in [0, 0.05) is 5.02 Å². The lowest BCUT2D eigenvalue weighted by molar-refractivity contribution is -0.123. The minimum Gasteiger partial charge on any atom is -0.482 e. The van der Waals surface area contributed by atoms with Crippen molar-refractivity contribution in [1.82, 2.24) is 0 Å². The molecule has 0 fully saturated rings. The summed E-state index contributed by atoms with van der Waals surface area (Å²) >= 11 is 5.95. The van der Waals surface area contributed by atoms with E-state index in [1.54, 1.807) is 24.3 Å². The molecule has 1 aliphatic heterocycles. The third-order valence-corrected chi connectivity index (χ3v) is 3.83. The first-order chi connectivity index (χ1) is 12.0. The van der Waals surface area contributed by atoms with Crippen molar-refractivity contribution in [1.29, 1.82) is 0 Å². The van der Waals surface area contributed by atoms with Crippen LogP contribution in [0, 0.1) is 0 Å². The van der Waals surface area contributed by atoms with E-state index in [2.05, 4.69) is 5.32 Å². The highest BCUT2D eigenvalue weighted by molar-refractivity contribution is 6.31. The molecule has 1 heterocycles. The van der Waals surface area contributed by atoms with Crippen molar-refractivity contribution in [2.45, 2.75) is 0 Å². The van der Waals surface area contributed by atoms with E-state index in [-0.39, 0.29) is 24.4 Å². The fourth-order valence-electron chi connectivity index (χ4n) is 2.46. The molecule has 2 aromatic rings. The number of benzene rings is 2. The first kappa shape index (κ1) is 16.8. The predicted octanol–water partition coefficient (Wildman–Crippen LogP) is 2.40. The number of anilines is 2. The van der Waals surface area contributed by atoms with E-state index in [1.807, 2.05) is 0 Å². The first-order valence-corrected chi connectivity index (χ1v) is 7.68. The Balaban J connectivity index is 1.81. The van der Waals surface area contributed by atoms with Crippen molar-refractivity contribution in [3.8, 4) is 5.75 Å². The van der Waals surface area contributed by atoms with Crippen LogP contribution < -0.4 is 15.0 Å². The van der Waals surface area contributed by atoms with Crippen LogP contribution in [0.2, 0.25) is 5.02 Å². The molecular formula is C17H13ClN2O5. The average molecular weight is 361 g/mol. The Morgan fingerprint density at radius 3 is 2.76 bits per heavy atom. The largest absolute Gasteiger partial charge is 0.482 e. The molecule has 0 aliphatic carbocycles. The number of hydrogen-bond acceptors (Lipinski definition) is 4. The Bertz CT molecular complexity index is 868. The smallest absolute Gasteiger partial charge is 0.337 e. The van der Waals surface area contributed by atoms with Crippen LogP contribution in [0.5, 0.6) is 5.75 Å². The lowest BCUT2D eigenvalue weighted by Crippen LogP contribution is -2.43. The van der Waals surface area contributed by atoms with E-state index < -0.39 is 17.8 Å². The van der Waals surface area contributed by atoms with Gasteiger partial charge in [0.15, 0.2) is 6.61 Å².